The van der Waals surface area contributed by atoms with Crippen LogP contribution in [0.1, 0.15) is 5.56 Å². The van der Waals surface area contributed by atoms with Gasteiger partial charge >= 0.3 is 0 Å². The van der Waals surface area contributed by atoms with Crippen molar-refractivity contribution >= 4 is 28.7 Å². The van der Waals surface area contributed by atoms with E-state index in [2.05, 4.69) is 15.3 Å². The first-order valence-electron chi connectivity index (χ1n) is 8.89. The van der Waals surface area contributed by atoms with Gasteiger partial charge in [0.15, 0.2) is 0 Å². The Morgan fingerprint density at radius 2 is 1.86 bits per heavy atom. The number of benzene rings is 3. The lowest BCUT2D eigenvalue weighted by atomic mass is 10.2. The molecule has 0 aliphatic heterocycles. The monoisotopic (exact) mass is 369 g/mol. The van der Waals surface area contributed by atoms with Gasteiger partial charge < -0.3 is 15.0 Å². The van der Waals surface area contributed by atoms with Gasteiger partial charge in [-0.3, -0.25) is 4.79 Å². The molecular formula is C23H19N3O2. The highest BCUT2D eigenvalue weighted by Crippen LogP contribution is 2.23. The number of amides is 1. The lowest BCUT2D eigenvalue weighted by molar-refractivity contribution is -0.111. The first-order valence-corrected chi connectivity index (χ1v) is 8.89. The number of nitrogens with zero attached hydrogens (tertiary/aromatic N) is 1. The number of nitrogens with one attached hydrogen (secondary N) is 2. The largest absolute Gasteiger partial charge is 0.497 e. The summed E-state index contributed by atoms with van der Waals surface area (Å²) in [6.07, 6.45) is 3.27. The van der Waals surface area contributed by atoms with Crippen molar-refractivity contribution in [2.45, 2.75) is 0 Å². The first kappa shape index (κ1) is 17.5. The van der Waals surface area contributed by atoms with Crippen LogP contribution in [0.5, 0.6) is 5.75 Å². The maximum Gasteiger partial charge on any atom is 0.248 e. The smallest absolute Gasteiger partial charge is 0.248 e. The number of hydrogen-bond acceptors (Lipinski definition) is 3. The van der Waals surface area contributed by atoms with Crippen LogP contribution in [0.25, 0.3) is 28.5 Å². The number of para-hydroxylation sites is 2. The zero-order valence-corrected chi connectivity index (χ0v) is 15.3. The quantitative estimate of drug-likeness (QED) is 0.492. The van der Waals surface area contributed by atoms with Crippen molar-refractivity contribution in [2.75, 3.05) is 12.4 Å². The molecule has 0 atom stereocenters. The molecule has 5 nitrogen and oxygen atoms in total. The topological polar surface area (TPSA) is 67.0 Å². The molecule has 1 amide bonds. The number of anilines is 1. The van der Waals surface area contributed by atoms with Gasteiger partial charge in [0, 0.05) is 17.3 Å². The third kappa shape index (κ3) is 3.94. The van der Waals surface area contributed by atoms with Crippen molar-refractivity contribution in [1.29, 1.82) is 0 Å². The fourth-order valence-electron chi connectivity index (χ4n) is 2.90. The molecule has 0 radical (unpaired) electrons. The van der Waals surface area contributed by atoms with E-state index in [0.29, 0.717) is 5.69 Å². The van der Waals surface area contributed by atoms with Gasteiger partial charge in [0.1, 0.15) is 11.6 Å². The molecule has 0 saturated heterocycles. The second-order valence-corrected chi connectivity index (χ2v) is 6.28. The SMILES string of the molecule is COc1ccc(/C=C/C(=O)Nc2cccc(-c3nc4ccccc4[nH]3)c2)cc1. The molecule has 0 fully saturated rings. The molecule has 4 aromatic rings. The summed E-state index contributed by atoms with van der Waals surface area (Å²) in [5.41, 5.74) is 4.44. The fraction of sp³-hybridized carbons (Fsp3) is 0.0435. The van der Waals surface area contributed by atoms with Crippen LogP contribution in [0.3, 0.4) is 0 Å². The van der Waals surface area contributed by atoms with Gasteiger partial charge in [-0.1, -0.05) is 36.4 Å². The number of carbonyl (C=O) groups is 1. The Hall–Kier alpha value is -3.86. The number of carbonyl (C=O) groups excluding carboxylic acids is 1. The predicted octanol–water partition coefficient (Wildman–Crippen LogP) is 4.89. The summed E-state index contributed by atoms with van der Waals surface area (Å²) in [7, 11) is 1.62. The molecule has 5 heteroatoms. The van der Waals surface area contributed by atoms with Gasteiger partial charge in [-0.25, -0.2) is 4.98 Å². The molecule has 2 N–H and O–H groups in total. The van der Waals surface area contributed by atoms with Crippen molar-refractivity contribution in [3.8, 4) is 17.1 Å². The molecule has 0 aliphatic carbocycles. The molecule has 0 aliphatic rings. The van der Waals surface area contributed by atoms with E-state index < -0.39 is 0 Å². The van der Waals surface area contributed by atoms with Crippen LogP contribution in [0.4, 0.5) is 5.69 Å². The number of imidazole rings is 1. The van der Waals surface area contributed by atoms with Gasteiger partial charge in [0.25, 0.3) is 0 Å². The van der Waals surface area contributed by atoms with Crippen LogP contribution in [0.15, 0.2) is 78.9 Å². The number of ether oxygens (including phenoxy) is 1. The zero-order valence-electron chi connectivity index (χ0n) is 15.3. The van der Waals surface area contributed by atoms with Crippen molar-refractivity contribution in [1.82, 2.24) is 9.97 Å². The van der Waals surface area contributed by atoms with Gasteiger partial charge in [0.2, 0.25) is 5.91 Å². The summed E-state index contributed by atoms with van der Waals surface area (Å²) in [6.45, 7) is 0. The maximum absolute atomic E-state index is 12.3. The van der Waals surface area contributed by atoms with Crippen LogP contribution >= 0.6 is 0 Å². The second kappa shape index (κ2) is 7.80. The summed E-state index contributed by atoms with van der Waals surface area (Å²) in [6, 6.07) is 23.0. The van der Waals surface area contributed by atoms with E-state index >= 15 is 0 Å². The number of hydrogen-bond donors (Lipinski definition) is 2. The van der Waals surface area contributed by atoms with Crippen molar-refractivity contribution in [3.63, 3.8) is 0 Å². The first-order chi connectivity index (χ1) is 13.7. The number of fused-ring (bicyclic) bond motifs is 1. The molecule has 0 unspecified atom stereocenters. The van der Waals surface area contributed by atoms with Crippen molar-refractivity contribution in [3.05, 3.63) is 84.4 Å². The second-order valence-electron chi connectivity index (χ2n) is 6.28. The fourth-order valence-corrected chi connectivity index (χ4v) is 2.90. The van der Waals surface area contributed by atoms with E-state index in [4.69, 9.17) is 4.74 Å². The molecule has 3 aromatic carbocycles. The zero-order chi connectivity index (χ0) is 19.3. The van der Waals surface area contributed by atoms with E-state index in [9.17, 15) is 4.79 Å². The van der Waals surface area contributed by atoms with Crippen LogP contribution in [0.2, 0.25) is 0 Å². The Morgan fingerprint density at radius 3 is 2.64 bits per heavy atom. The van der Waals surface area contributed by atoms with Gasteiger partial charge in [-0.15, -0.1) is 0 Å². The van der Waals surface area contributed by atoms with E-state index in [-0.39, 0.29) is 5.91 Å². The molecule has 0 spiro atoms. The van der Waals surface area contributed by atoms with Crippen LogP contribution < -0.4 is 10.1 Å². The number of aromatic nitrogens is 2. The Bertz CT molecular complexity index is 1110. The molecule has 28 heavy (non-hydrogen) atoms. The van der Waals surface area contributed by atoms with Crippen molar-refractivity contribution < 1.29 is 9.53 Å². The Balaban J connectivity index is 1.48. The van der Waals surface area contributed by atoms with E-state index in [1.165, 1.54) is 6.08 Å². The maximum atomic E-state index is 12.3. The minimum absolute atomic E-state index is 0.197. The third-order valence-electron chi connectivity index (χ3n) is 4.34. The average molecular weight is 369 g/mol. The minimum atomic E-state index is -0.197. The van der Waals surface area contributed by atoms with Gasteiger partial charge in [-0.2, -0.15) is 0 Å². The number of methoxy groups -OCH3 is 1. The van der Waals surface area contributed by atoms with E-state index in [1.807, 2.05) is 72.8 Å². The predicted molar refractivity (Wildman–Crippen MR) is 112 cm³/mol. The molecular weight excluding hydrogens is 350 g/mol. The van der Waals surface area contributed by atoms with Crippen LogP contribution in [-0.2, 0) is 4.79 Å². The summed E-state index contributed by atoms with van der Waals surface area (Å²) >= 11 is 0. The van der Waals surface area contributed by atoms with Crippen LogP contribution in [0, 0.1) is 0 Å². The van der Waals surface area contributed by atoms with Gasteiger partial charge in [0.05, 0.1) is 18.1 Å². The van der Waals surface area contributed by atoms with Crippen molar-refractivity contribution in [2.24, 2.45) is 0 Å². The highest BCUT2D eigenvalue weighted by Gasteiger charge is 2.06. The summed E-state index contributed by atoms with van der Waals surface area (Å²) in [4.78, 5) is 20.2. The summed E-state index contributed by atoms with van der Waals surface area (Å²) in [5, 5.41) is 2.89. The number of aromatic amines is 1. The average Bonchev–Trinajstić information content (AvgIpc) is 3.17. The Labute approximate surface area is 162 Å². The molecule has 4 rings (SSSR count). The molecule has 1 heterocycles. The molecule has 1 aromatic heterocycles. The molecule has 138 valence electrons. The number of rotatable bonds is 5. The minimum Gasteiger partial charge on any atom is -0.497 e. The highest BCUT2D eigenvalue weighted by molar-refractivity contribution is 6.02. The molecule has 0 bridgehead atoms. The lowest BCUT2D eigenvalue weighted by Gasteiger charge is -2.04. The van der Waals surface area contributed by atoms with Gasteiger partial charge in [-0.05, 0) is 48.0 Å². The third-order valence-corrected chi connectivity index (χ3v) is 4.34. The number of H-pyrrole nitrogens is 1. The normalized spacial score (nSPS) is 11.0. The van der Waals surface area contributed by atoms with E-state index in [0.717, 1.165) is 33.7 Å². The lowest BCUT2D eigenvalue weighted by Crippen LogP contribution is -2.07. The Kier molecular flexibility index (Phi) is 4.89. The molecule has 0 saturated carbocycles. The Morgan fingerprint density at radius 1 is 1.04 bits per heavy atom. The van der Waals surface area contributed by atoms with E-state index in [1.54, 1.807) is 13.2 Å². The summed E-state index contributed by atoms with van der Waals surface area (Å²) in [5.74, 6) is 1.35. The van der Waals surface area contributed by atoms with Crippen LogP contribution in [-0.4, -0.2) is 23.0 Å². The standard InChI is InChI=1S/C23H19N3O2/c1-28-19-12-9-16(10-13-19)11-14-22(27)24-18-6-4-5-17(15-18)23-25-20-7-2-3-8-21(20)26-23/h2-15H,1H3,(H,24,27)(H,25,26)/b14-11+. The highest BCUT2D eigenvalue weighted by atomic mass is 16.5. The summed E-state index contributed by atoms with van der Waals surface area (Å²) < 4.78 is 5.13.